The summed E-state index contributed by atoms with van der Waals surface area (Å²) in [6, 6.07) is 18.3. The van der Waals surface area contributed by atoms with E-state index in [1.165, 1.54) is 11.1 Å². The van der Waals surface area contributed by atoms with Crippen LogP contribution < -0.4 is 4.90 Å². The van der Waals surface area contributed by atoms with E-state index in [1.807, 2.05) is 30.3 Å². The summed E-state index contributed by atoms with van der Waals surface area (Å²) in [6.45, 7) is 6.68. The monoisotopic (exact) mass is 415 g/mol. The first-order chi connectivity index (χ1) is 14.5. The molecular formula is C25H25N3OS. The van der Waals surface area contributed by atoms with Gasteiger partial charge in [0, 0.05) is 6.20 Å². The topological polar surface area (TPSA) is 46.1 Å². The standard InChI is InChI=1S/C25H25N3OS/c1-4-19-9-11-22-23(14-19)30-25(27-22)28(16-21-7-5-6-12-26-21)24(29)15-20-10-8-17(2)13-18(20)3/h5-14H,4,15-16H2,1-3H3. The second-order valence-electron chi connectivity index (χ2n) is 7.56. The zero-order chi connectivity index (χ0) is 21.1. The normalized spacial score (nSPS) is 11.0. The van der Waals surface area contributed by atoms with Crippen LogP contribution in [0.3, 0.4) is 0 Å². The van der Waals surface area contributed by atoms with Crippen molar-refractivity contribution in [2.24, 2.45) is 0 Å². The van der Waals surface area contributed by atoms with Crippen molar-refractivity contribution in [3.05, 3.63) is 88.7 Å². The van der Waals surface area contributed by atoms with Gasteiger partial charge in [-0.25, -0.2) is 4.98 Å². The second-order valence-corrected chi connectivity index (χ2v) is 8.57. The van der Waals surface area contributed by atoms with Crippen molar-refractivity contribution in [2.75, 3.05) is 4.90 Å². The van der Waals surface area contributed by atoms with Gasteiger partial charge in [0.25, 0.3) is 0 Å². The van der Waals surface area contributed by atoms with Crippen LogP contribution in [-0.2, 0) is 24.2 Å². The highest BCUT2D eigenvalue weighted by atomic mass is 32.1. The zero-order valence-electron chi connectivity index (χ0n) is 17.6. The number of nitrogens with zero attached hydrogens (tertiary/aromatic N) is 3. The van der Waals surface area contributed by atoms with Crippen LogP contribution >= 0.6 is 11.3 Å². The molecule has 0 N–H and O–H groups in total. The Balaban J connectivity index is 1.69. The third-order valence-corrected chi connectivity index (χ3v) is 6.31. The van der Waals surface area contributed by atoms with Crippen LogP contribution in [0, 0.1) is 13.8 Å². The molecule has 0 bridgehead atoms. The molecule has 0 aliphatic rings. The Hall–Kier alpha value is -3.05. The Morgan fingerprint density at radius 2 is 1.93 bits per heavy atom. The molecule has 0 radical (unpaired) electrons. The van der Waals surface area contributed by atoms with Gasteiger partial charge in [-0.05, 0) is 61.2 Å². The van der Waals surface area contributed by atoms with Crippen molar-refractivity contribution in [2.45, 2.75) is 40.2 Å². The number of benzene rings is 2. The number of amides is 1. The van der Waals surface area contributed by atoms with Gasteiger partial charge in [-0.2, -0.15) is 0 Å². The molecule has 0 aliphatic carbocycles. The number of carbonyl (C=O) groups is 1. The molecule has 0 unspecified atom stereocenters. The molecule has 4 nitrogen and oxygen atoms in total. The Bertz CT molecular complexity index is 1180. The van der Waals surface area contributed by atoms with E-state index >= 15 is 0 Å². The molecule has 0 saturated carbocycles. The molecule has 1 amide bonds. The lowest BCUT2D eigenvalue weighted by Gasteiger charge is -2.20. The molecule has 30 heavy (non-hydrogen) atoms. The minimum atomic E-state index is 0.0300. The van der Waals surface area contributed by atoms with Gasteiger partial charge >= 0.3 is 0 Å². The SMILES string of the molecule is CCc1ccc2nc(N(Cc3ccccn3)C(=O)Cc3ccc(C)cc3C)sc2c1. The summed E-state index contributed by atoms with van der Waals surface area (Å²) in [4.78, 5) is 24.4. The van der Waals surface area contributed by atoms with Gasteiger partial charge in [0.2, 0.25) is 5.91 Å². The highest BCUT2D eigenvalue weighted by molar-refractivity contribution is 7.22. The van der Waals surface area contributed by atoms with Gasteiger partial charge in [0.05, 0.1) is 28.9 Å². The van der Waals surface area contributed by atoms with Crippen molar-refractivity contribution < 1.29 is 4.79 Å². The van der Waals surface area contributed by atoms with Gasteiger partial charge in [0.15, 0.2) is 5.13 Å². The smallest absolute Gasteiger partial charge is 0.233 e. The number of aryl methyl sites for hydroxylation is 3. The maximum absolute atomic E-state index is 13.4. The summed E-state index contributed by atoms with van der Waals surface area (Å²) < 4.78 is 1.11. The summed E-state index contributed by atoms with van der Waals surface area (Å²) in [5.74, 6) is 0.0300. The van der Waals surface area contributed by atoms with E-state index in [2.05, 4.69) is 50.0 Å². The lowest BCUT2D eigenvalue weighted by molar-refractivity contribution is -0.118. The van der Waals surface area contributed by atoms with Crippen LogP contribution in [0.2, 0.25) is 0 Å². The summed E-state index contributed by atoms with van der Waals surface area (Å²) >= 11 is 1.57. The first-order valence-corrected chi connectivity index (χ1v) is 11.0. The predicted molar refractivity (Wildman–Crippen MR) is 124 cm³/mol. The number of hydrogen-bond donors (Lipinski definition) is 0. The Morgan fingerprint density at radius 3 is 2.67 bits per heavy atom. The van der Waals surface area contributed by atoms with Crippen LogP contribution in [-0.4, -0.2) is 15.9 Å². The molecule has 4 rings (SSSR count). The Labute approximate surface area is 181 Å². The highest BCUT2D eigenvalue weighted by Crippen LogP contribution is 2.31. The lowest BCUT2D eigenvalue weighted by Crippen LogP contribution is -2.32. The number of hydrogen-bond acceptors (Lipinski definition) is 4. The molecule has 0 fully saturated rings. The van der Waals surface area contributed by atoms with Gasteiger partial charge in [-0.15, -0.1) is 0 Å². The fourth-order valence-corrected chi connectivity index (χ4v) is 4.56. The van der Waals surface area contributed by atoms with Crippen LogP contribution in [0.4, 0.5) is 5.13 Å². The van der Waals surface area contributed by atoms with Gasteiger partial charge < -0.3 is 0 Å². The first-order valence-electron chi connectivity index (χ1n) is 10.2. The number of fused-ring (bicyclic) bond motifs is 1. The van der Waals surface area contributed by atoms with Gasteiger partial charge in [-0.3, -0.25) is 14.7 Å². The minimum absolute atomic E-state index is 0.0300. The van der Waals surface area contributed by atoms with Gasteiger partial charge in [0.1, 0.15) is 0 Å². The summed E-state index contributed by atoms with van der Waals surface area (Å²) in [5, 5.41) is 0.721. The maximum Gasteiger partial charge on any atom is 0.233 e. The van der Waals surface area contributed by atoms with E-state index in [4.69, 9.17) is 4.98 Å². The van der Waals surface area contributed by atoms with E-state index in [0.717, 1.165) is 38.6 Å². The lowest BCUT2D eigenvalue weighted by atomic mass is 10.0. The first kappa shape index (κ1) is 20.2. The number of pyridine rings is 1. The largest absolute Gasteiger partial charge is 0.282 e. The van der Waals surface area contributed by atoms with Crippen LogP contribution in [0.15, 0.2) is 60.8 Å². The molecule has 5 heteroatoms. The van der Waals surface area contributed by atoms with Crippen molar-refractivity contribution >= 4 is 32.6 Å². The summed E-state index contributed by atoms with van der Waals surface area (Å²) in [6.07, 6.45) is 3.08. The number of aromatic nitrogens is 2. The Kier molecular flexibility index (Phi) is 5.91. The number of thiazole rings is 1. The van der Waals surface area contributed by atoms with Crippen molar-refractivity contribution in [3.8, 4) is 0 Å². The highest BCUT2D eigenvalue weighted by Gasteiger charge is 2.21. The van der Waals surface area contributed by atoms with Crippen molar-refractivity contribution in [3.63, 3.8) is 0 Å². The second kappa shape index (κ2) is 8.76. The fraction of sp³-hybridized carbons (Fsp3) is 0.240. The van der Waals surface area contributed by atoms with E-state index in [1.54, 1.807) is 22.4 Å². The van der Waals surface area contributed by atoms with Crippen molar-refractivity contribution in [1.29, 1.82) is 0 Å². The fourth-order valence-electron chi connectivity index (χ4n) is 3.51. The molecular weight excluding hydrogens is 390 g/mol. The summed E-state index contributed by atoms with van der Waals surface area (Å²) in [5.41, 5.74) is 6.43. The average Bonchev–Trinajstić information content (AvgIpc) is 3.17. The van der Waals surface area contributed by atoms with E-state index < -0.39 is 0 Å². The molecule has 2 heterocycles. The quantitative estimate of drug-likeness (QED) is 0.409. The van der Waals surface area contributed by atoms with Crippen LogP contribution in [0.1, 0.15) is 34.9 Å². The third-order valence-electron chi connectivity index (χ3n) is 5.27. The molecule has 2 aromatic carbocycles. The molecule has 152 valence electrons. The Morgan fingerprint density at radius 1 is 1.07 bits per heavy atom. The zero-order valence-corrected chi connectivity index (χ0v) is 18.4. The van der Waals surface area contributed by atoms with Crippen LogP contribution in [0.5, 0.6) is 0 Å². The van der Waals surface area contributed by atoms with Crippen molar-refractivity contribution in [1.82, 2.24) is 9.97 Å². The molecule has 0 aliphatic heterocycles. The molecule has 0 spiro atoms. The maximum atomic E-state index is 13.4. The number of carbonyl (C=O) groups excluding carboxylic acids is 1. The minimum Gasteiger partial charge on any atom is -0.282 e. The van der Waals surface area contributed by atoms with Crippen LogP contribution in [0.25, 0.3) is 10.2 Å². The average molecular weight is 416 g/mol. The van der Waals surface area contributed by atoms with E-state index in [9.17, 15) is 4.79 Å². The predicted octanol–water partition coefficient (Wildman–Crippen LogP) is 5.65. The third kappa shape index (κ3) is 4.41. The number of anilines is 1. The molecule has 0 saturated heterocycles. The van der Waals surface area contributed by atoms with E-state index in [0.29, 0.717) is 13.0 Å². The molecule has 0 atom stereocenters. The molecule has 2 aromatic heterocycles. The summed E-state index contributed by atoms with van der Waals surface area (Å²) in [7, 11) is 0. The molecule has 4 aromatic rings. The number of rotatable bonds is 6. The van der Waals surface area contributed by atoms with E-state index in [-0.39, 0.29) is 5.91 Å². The van der Waals surface area contributed by atoms with Gasteiger partial charge in [-0.1, -0.05) is 54.2 Å².